The SMILES string of the molecule is COc1cc(C(=O)N2CC(C(F)F)C2)ccc1Nc1ncc(-c2ccc(C#N)c(O[C@@H](C)Cn3cnnn3)c2)cn1. The maximum absolute atomic E-state index is 12.8. The molecule has 1 fully saturated rings. The molecule has 2 aromatic heterocycles. The van der Waals surface area contributed by atoms with Gasteiger partial charge in [0.25, 0.3) is 5.91 Å². The highest BCUT2D eigenvalue weighted by atomic mass is 19.3. The van der Waals surface area contributed by atoms with E-state index in [-0.39, 0.29) is 31.0 Å². The minimum absolute atomic E-state index is 0.0333. The van der Waals surface area contributed by atoms with Crippen molar-refractivity contribution in [1.82, 2.24) is 35.1 Å². The van der Waals surface area contributed by atoms with Crippen LogP contribution in [0.1, 0.15) is 22.8 Å². The van der Waals surface area contributed by atoms with Crippen LogP contribution in [0, 0.1) is 17.2 Å². The second-order valence-corrected chi connectivity index (χ2v) is 9.42. The first-order valence-electron chi connectivity index (χ1n) is 12.6. The Labute approximate surface area is 233 Å². The van der Waals surface area contributed by atoms with E-state index in [1.807, 2.05) is 6.92 Å². The summed E-state index contributed by atoms with van der Waals surface area (Å²) in [6, 6.07) is 12.1. The summed E-state index contributed by atoms with van der Waals surface area (Å²) in [5, 5.41) is 23.6. The molecule has 1 atom stereocenters. The molecule has 1 amide bonds. The lowest BCUT2D eigenvalue weighted by Gasteiger charge is -2.38. The molecule has 0 unspecified atom stereocenters. The van der Waals surface area contributed by atoms with Gasteiger partial charge in [-0.2, -0.15) is 5.26 Å². The molecule has 41 heavy (non-hydrogen) atoms. The average molecular weight is 562 g/mol. The van der Waals surface area contributed by atoms with Gasteiger partial charge in [0, 0.05) is 36.6 Å². The number of likely N-dealkylation sites (tertiary alicyclic amines) is 1. The van der Waals surface area contributed by atoms with Crippen molar-refractivity contribution in [1.29, 1.82) is 5.26 Å². The van der Waals surface area contributed by atoms with Crippen molar-refractivity contribution in [3.63, 3.8) is 0 Å². The number of nitrogens with one attached hydrogen (secondary N) is 1. The predicted octanol–water partition coefficient (Wildman–Crippen LogP) is 3.56. The Morgan fingerprint density at radius 1 is 1.15 bits per heavy atom. The maximum atomic E-state index is 12.8. The molecule has 1 aliphatic heterocycles. The number of ether oxygens (including phenoxy) is 2. The molecular weight excluding hydrogens is 536 g/mol. The third kappa shape index (κ3) is 6.19. The standard InChI is InChI=1S/C27H25F2N9O3/c1-16(12-38-15-33-35-36-38)41-23-7-17(3-4-19(23)9-30)20-10-31-27(32-11-20)34-22-6-5-18(8-24(22)40-2)26(39)37-13-21(14-37)25(28)29/h3-8,10-11,15-16,21,25H,12-14H2,1-2H3,(H,31,32,34)/t16-/m0/s1. The highest BCUT2D eigenvalue weighted by molar-refractivity contribution is 5.96. The van der Waals surface area contributed by atoms with E-state index >= 15 is 0 Å². The van der Waals surface area contributed by atoms with Crippen LogP contribution >= 0.6 is 0 Å². The number of aromatic nitrogens is 6. The number of methoxy groups -OCH3 is 1. The zero-order chi connectivity index (χ0) is 28.9. The first kappa shape index (κ1) is 27.4. The minimum atomic E-state index is -2.43. The Morgan fingerprint density at radius 2 is 1.93 bits per heavy atom. The van der Waals surface area contributed by atoms with Crippen LogP contribution < -0.4 is 14.8 Å². The van der Waals surface area contributed by atoms with Gasteiger partial charge in [-0.3, -0.25) is 4.79 Å². The minimum Gasteiger partial charge on any atom is -0.495 e. The van der Waals surface area contributed by atoms with Gasteiger partial charge in [-0.05, 0) is 53.2 Å². The number of hydrogen-bond acceptors (Lipinski definition) is 10. The highest BCUT2D eigenvalue weighted by Gasteiger charge is 2.37. The lowest BCUT2D eigenvalue weighted by Crippen LogP contribution is -2.52. The van der Waals surface area contributed by atoms with Gasteiger partial charge < -0.3 is 19.7 Å². The summed E-state index contributed by atoms with van der Waals surface area (Å²) in [6.07, 6.45) is 1.99. The van der Waals surface area contributed by atoms with Crippen LogP contribution in [0.25, 0.3) is 11.1 Å². The zero-order valence-electron chi connectivity index (χ0n) is 22.1. The third-order valence-corrected chi connectivity index (χ3v) is 6.50. The number of benzene rings is 2. The second kappa shape index (κ2) is 11.9. The summed E-state index contributed by atoms with van der Waals surface area (Å²) in [6.45, 7) is 2.32. The van der Waals surface area contributed by atoms with Crippen molar-refractivity contribution in [2.24, 2.45) is 5.92 Å². The lowest BCUT2D eigenvalue weighted by atomic mass is 9.99. The van der Waals surface area contributed by atoms with Gasteiger partial charge in [-0.1, -0.05) is 6.07 Å². The van der Waals surface area contributed by atoms with E-state index in [0.29, 0.717) is 40.4 Å². The molecule has 1 aliphatic rings. The number of alkyl halides is 2. The Kier molecular flexibility index (Phi) is 7.95. The third-order valence-electron chi connectivity index (χ3n) is 6.50. The summed E-state index contributed by atoms with van der Waals surface area (Å²) in [7, 11) is 1.46. The van der Waals surface area contributed by atoms with E-state index < -0.39 is 12.3 Å². The van der Waals surface area contributed by atoms with Crippen LogP contribution in [-0.2, 0) is 6.54 Å². The summed E-state index contributed by atoms with van der Waals surface area (Å²) >= 11 is 0. The highest BCUT2D eigenvalue weighted by Crippen LogP contribution is 2.31. The normalized spacial score (nSPS) is 13.8. The molecular formula is C27H25F2N9O3. The summed E-state index contributed by atoms with van der Waals surface area (Å²) in [5.41, 5.74) is 2.69. The smallest absolute Gasteiger partial charge is 0.254 e. The van der Waals surface area contributed by atoms with E-state index in [2.05, 4.69) is 36.9 Å². The Balaban J connectivity index is 1.27. The molecule has 0 radical (unpaired) electrons. The van der Waals surface area contributed by atoms with E-state index in [1.54, 1.807) is 48.8 Å². The van der Waals surface area contributed by atoms with E-state index in [0.717, 1.165) is 5.56 Å². The number of anilines is 2. The fourth-order valence-electron chi connectivity index (χ4n) is 4.28. The van der Waals surface area contributed by atoms with Crippen LogP contribution in [0.2, 0.25) is 0 Å². The van der Waals surface area contributed by atoms with E-state index in [1.165, 1.54) is 23.0 Å². The Bertz CT molecular complexity index is 1550. The maximum Gasteiger partial charge on any atom is 0.254 e. The molecule has 2 aromatic carbocycles. The average Bonchev–Trinajstić information content (AvgIpc) is 3.45. The van der Waals surface area contributed by atoms with Crippen molar-refractivity contribution >= 4 is 17.5 Å². The molecule has 0 saturated carbocycles. The van der Waals surface area contributed by atoms with Crippen molar-refractivity contribution in [2.45, 2.75) is 26.0 Å². The van der Waals surface area contributed by atoms with Gasteiger partial charge in [0.1, 0.15) is 30.0 Å². The van der Waals surface area contributed by atoms with Crippen LogP contribution in [0.15, 0.2) is 55.1 Å². The number of carbonyl (C=O) groups is 1. The molecule has 12 nitrogen and oxygen atoms in total. The fourth-order valence-corrected chi connectivity index (χ4v) is 4.28. The van der Waals surface area contributed by atoms with Gasteiger partial charge in [0.15, 0.2) is 0 Å². The quantitative estimate of drug-likeness (QED) is 0.305. The number of amides is 1. The van der Waals surface area contributed by atoms with Gasteiger partial charge in [-0.15, -0.1) is 5.10 Å². The van der Waals surface area contributed by atoms with Crippen molar-refractivity contribution < 1.29 is 23.0 Å². The van der Waals surface area contributed by atoms with Gasteiger partial charge in [0.05, 0.1) is 30.8 Å². The van der Waals surface area contributed by atoms with Crippen molar-refractivity contribution in [2.75, 3.05) is 25.5 Å². The molecule has 3 heterocycles. The molecule has 4 aromatic rings. The molecule has 0 aliphatic carbocycles. The van der Waals surface area contributed by atoms with Crippen LogP contribution in [0.4, 0.5) is 20.4 Å². The number of carbonyl (C=O) groups excluding carboxylic acids is 1. The first-order chi connectivity index (χ1) is 19.8. The molecule has 1 saturated heterocycles. The van der Waals surface area contributed by atoms with Gasteiger partial charge in [0.2, 0.25) is 12.4 Å². The Morgan fingerprint density at radius 3 is 2.59 bits per heavy atom. The monoisotopic (exact) mass is 561 g/mol. The summed E-state index contributed by atoms with van der Waals surface area (Å²) < 4.78 is 38.5. The van der Waals surface area contributed by atoms with Crippen LogP contribution in [0.5, 0.6) is 11.5 Å². The number of nitriles is 1. The number of tetrazole rings is 1. The largest absolute Gasteiger partial charge is 0.495 e. The van der Waals surface area contributed by atoms with E-state index in [4.69, 9.17) is 9.47 Å². The molecule has 0 bridgehead atoms. The second-order valence-electron chi connectivity index (χ2n) is 9.42. The number of rotatable bonds is 10. The molecule has 1 N–H and O–H groups in total. The summed E-state index contributed by atoms with van der Waals surface area (Å²) in [4.78, 5) is 22.8. The number of nitrogens with zero attached hydrogens (tertiary/aromatic N) is 8. The van der Waals surface area contributed by atoms with Crippen LogP contribution in [-0.4, -0.2) is 73.7 Å². The predicted molar refractivity (Wildman–Crippen MR) is 142 cm³/mol. The van der Waals surface area contributed by atoms with Crippen molar-refractivity contribution in [3.8, 4) is 28.7 Å². The Hall–Kier alpha value is -5.19. The summed E-state index contributed by atoms with van der Waals surface area (Å²) in [5.74, 6) is -0.0389. The van der Waals surface area contributed by atoms with Crippen molar-refractivity contribution in [3.05, 3.63) is 66.2 Å². The fraction of sp³-hybridized carbons (Fsp3) is 0.296. The van der Waals surface area contributed by atoms with E-state index in [9.17, 15) is 18.8 Å². The molecule has 5 rings (SSSR count). The zero-order valence-corrected chi connectivity index (χ0v) is 22.1. The van der Waals surface area contributed by atoms with Crippen LogP contribution in [0.3, 0.4) is 0 Å². The molecule has 0 spiro atoms. The van der Waals surface area contributed by atoms with Gasteiger partial charge in [-0.25, -0.2) is 23.4 Å². The number of halogens is 2. The topological polar surface area (TPSA) is 144 Å². The first-order valence-corrected chi connectivity index (χ1v) is 12.6. The lowest BCUT2D eigenvalue weighted by molar-refractivity contribution is -0.0152. The molecule has 14 heteroatoms. The molecule has 210 valence electrons. The van der Waals surface area contributed by atoms with Gasteiger partial charge >= 0.3 is 0 Å². The number of hydrogen-bond donors (Lipinski definition) is 1.